The van der Waals surface area contributed by atoms with E-state index in [9.17, 15) is 4.79 Å². The second kappa shape index (κ2) is 6.71. The number of ether oxygens (including phenoxy) is 1. The van der Waals surface area contributed by atoms with E-state index < -0.39 is 0 Å². The molecule has 0 N–H and O–H groups in total. The number of carbonyl (C=O) groups is 1. The zero-order valence-electron chi connectivity index (χ0n) is 13.4. The molecule has 22 heavy (non-hydrogen) atoms. The number of amides is 1. The number of hydrogen-bond acceptors (Lipinski definition) is 5. The summed E-state index contributed by atoms with van der Waals surface area (Å²) in [4.78, 5) is 25.3. The summed E-state index contributed by atoms with van der Waals surface area (Å²) in [6, 6.07) is 0.807. The summed E-state index contributed by atoms with van der Waals surface area (Å²) in [6.45, 7) is 8.00. The smallest absolute Gasteiger partial charge is 0.274 e. The molecular formula is C16H24N4O2. The monoisotopic (exact) mass is 304 g/mol. The second-order valence-electron chi connectivity index (χ2n) is 6.17. The van der Waals surface area contributed by atoms with E-state index in [1.54, 1.807) is 12.4 Å². The lowest BCUT2D eigenvalue weighted by Crippen LogP contribution is -2.62. The standard InChI is InChI=1S/C16H24N4O2/c1-3-4-13-10-22-11-14-9-19(5-6-20(13)14)16(21)15-8-17-12(2)7-18-15/h7-8,13-14H,3-6,9-11H2,1-2H3/t13-,14+/m0/s1. The molecule has 0 bridgehead atoms. The molecule has 1 amide bonds. The Labute approximate surface area is 131 Å². The number of rotatable bonds is 3. The maximum atomic E-state index is 12.6. The van der Waals surface area contributed by atoms with Crippen molar-refractivity contribution in [2.45, 2.75) is 38.8 Å². The van der Waals surface area contributed by atoms with E-state index >= 15 is 0 Å². The topological polar surface area (TPSA) is 58.6 Å². The van der Waals surface area contributed by atoms with Crippen LogP contribution in [0.3, 0.4) is 0 Å². The third-order valence-corrected chi connectivity index (χ3v) is 4.53. The number of aryl methyl sites for hydroxylation is 1. The van der Waals surface area contributed by atoms with E-state index in [0.29, 0.717) is 30.9 Å². The predicted octanol–water partition coefficient (Wildman–Crippen LogP) is 1.11. The van der Waals surface area contributed by atoms with Gasteiger partial charge in [0.1, 0.15) is 5.69 Å². The molecule has 0 radical (unpaired) electrons. The van der Waals surface area contributed by atoms with Gasteiger partial charge in [0.25, 0.3) is 5.91 Å². The molecule has 2 saturated heterocycles. The van der Waals surface area contributed by atoms with Crippen LogP contribution in [-0.4, -0.2) is 70.6 Å². The first-order chi connectivity index (χ1) is 10.7. The van der Waals surface area contributed by atoms with Gasteiger partial charge < -0.3 is 9.64 Å². The van der Waals surface area contributed by atoms with Crippen molar-refractivity contribution >= 4 is 5.91 Å². The van der Waals surface area contributed by atoms with Gasteiger partial charge in [-0.25, -0.2) is 4.98 Å². The van der Waals surface area contributed by atoms with Crippen LogP contribution in [0.15, 0.2) is 12.4 Å². The molecule has 6 heteroatoms. The molecule has 1 aromatic rings. The van der Waals surface area contributed by atoms with Crippen molar-refractivity contribution in [1.82, 2.24) is 19.8 Å². The summed E-state index contributed by atoms with van der Waals surface area (Å²) >= 11 is 0. The van der Waals surface area contributed by atoms with Gasteiger partial charge in [0, 0.05) is 31.9 Å². The Balaban J connectivity index is 1.66. The molecule has 1 aromatic heterocycles. The lowest BCUT2D eigenvalue weighted by atomic mass is 10.0. The van der Waals surface area contributed by atoms with Crippen LogP contribution in [0.5, 0.6) is 0 Å². The van der Waals surface area contributed by atoms with Crippen molar-refractivity contribution in [2.75, 3.05) is 32.8 Å². The summed E-state index contributed by atoms with van der Waals surface area (Å²) in [6.07, 6.45) is 5.54. The van der Waals surface area contributed by atoms with Crippen LogP contribution in [0.2, 0.25) is 0 Å². The highest BCUT2D eigenvalue weighted by Crippen LogP contribution is 2.22. The van der Waals surface area contributed by atoms with Crippen LogP contribution in [0.25, 0.3) is 0 Å². The SMILES string of the molecule is CCC[C@H]1COC[C@H]2CN(C(=O)c3cnc(C)cn3)CCN12. The van der Waals surface area contributed by atoms with Crippen molar-refractivity contribution in [2.24, 2.45) is 0 Å². The van der Waals surface area contributed by atoms with Crippen LogP contribution in [-0.2, 0) is 4.74 Å². The van der Waals surface area contributed by atoms with Crippen molar-refractivity contribution < 1.29 is 9.53 Å². The van der Waals surface area contributed by atoms with Crippen LogP contribution in [0.1, 0.15) is 35.9 Å². The van der Waals surface area contributed by atoms with Crippen LogP contribution < -0.4 is 0 Å². The van der Waals surface area contributed by atoms with Gasteiger partial charge >= 0.3 is 0 Å². The zero-order chi connectivity index (χ0) is 15.5. The zero-order valence-corrected chi connectivity index (χ0v) is 13.4. The molecule has 3 rings (SSSR count). The molecule has 3 heterocycles. The van der Waals surface area contributed by atoms with E-state index in [1.807, 2.05) is 11.8 Å². The van der Waals surface area contributed by atoms with E-state index in [-0.39, 0.29) is 5.91 Å². The Morgan fingerprint density at radius 3 is 2.91 bits per heavy atom. The Morgan fingerprint density at radius 1 is 1.32 bits per heavy atom. The second-order valence-corrected chi connectivity index (χ2v) is 6.17. The average molecular weight is 304 g/mol. The summed E-state index contributed by atoms with van der Waals surface area (Å²) < 4.78 is 5.75. The fourth-order valence-electron chi connectivity index (χ4n) is 3.37. The number of morpholine rings is 1. The molecule has 120 valence electrons. The fourth-order valence-corrected chi connectivity index (χ4v) is 3.37. The maximum Gasteiger partial charge on any atom is 0.274 e. The Hall–Kier alpha value is -1.53. The summed E-state index contributed by atoms with van der Waals surface area (Å²) in [5.74, 6) is -0.0234. The summed E-state index contributed by atoms with van der Waals surface area (Å²) in [7, 11) is 0. The molecule has 0 aromatic carbocycles. The summed E-state index contributed by atoms with van der Waals surface area (Å²) in [5, 5.41) is 0. The van der Waals surface area contributed by atoms with Gasteiger partial charge in [-0.15, -0.1) is 0 Å². The van der Waals surface area contributed by atoms with Gasteiger partial charge in [-0.2, -0.15) is 0 Å². The normalized spacial score (nSPS) is 25.8. The maximum absolute atomic E-state index is 12.6. The number of fused-ring (bicyclic) bond motifs is 1. The van der Waals surface area contributed by atoms with Crippen molar-refractivity contribution in [3.05, 3.63) is 23.8 Å². The third kappa shape index (κ3) is 3.13. The highest BCUT2D eigenvalue weighted by atomic mass is 16.5. The van der Waals surface area contributed by atoms with E-state index in [1.165, 1.54) is 6.42 Å². The van der Waals surface area contributed by atoms with Crippen LogP contribution in [0, 0.1) is 6.92 Å². The highest BCUT2D eigenvalue weighted by Gasteiger charge is 2.36. The van der Waals surface area contributed by atoms with Crippen LogP contribution in [0.4, 0.5) is 0 Å². The minimum absolute atomic E-state index is 0.0234. The number of nitrogens with zero attached hydrogens (tertiary/aromatic N) is 4. The minimum atomic E-state index is -0.0234. The van der Waals surface area contributed by atoms with Gasteiger partial charge in [-0.3, -0.25) is 14.7 Å². The summed E-state index contributed by atoms with van der Waals surface area (Å²) in [5.41, 5.74) is 1.25. The molecule has 2 aliphatic rings. The quantitative estimate of drug-likeness (QED) is 0.837. The third-order valence-electron chi connectivity index (χ3n) is 4.53. The van der Waals surface area contributed by atoms with Gasteiger partial charge in [-0.1, -0.05) is 13.3 Å². The minimum Gasteiger partial charge on any atom is -0.378 e. The Kier molecular flexibility index (Phi) is 4.69. The predicted molar refractivity (Wildman–Crippen MR) is 82.7 cm³/mol. The van der Waals surface area contributed by atoms with Gasteiger partial charge in [0.15, 0.2) is 0 Å². The first kappa shape index (κ1) is 15.4. The van der Waals surface area contributed by atoms with Gasteiger partial charge in [0.2, 0.25) is 0 Å². The largest absolute Gasteiger partial charge is 0.378 e. The number of piperazine rings is 1. The lowest BCUT2D eigenvalue weighted by molar-refractivity contribution is -0.0777. The van der Waals surface area contributed by atoms with Crippen molar-refractivity contribution in [3.8, 4) is 0 Å². The molecule has 2 atom stereocenters. The lowest BCUT2D eigenvalue weighted by Gasteiger charge is -2.47. The van der Waals surface area contributed by atoms with Gasteiger partial charge in [-0.05, 0) is 13.3 Å². The van der Waals surface area contributed by atoms with E-state index in [2.05, 4.69) is 21.8 Å². The molecule has 0 saturated carbocycles. The Morgan fingerprint density at radius 2 is 2.18 bits per heavy atom. The first-order valence-electron chi connectivity index (χ1n) is 8.10. The first-order valence-corrected chi connectivity index (χ1v) is 8.10. The highest BCUT2D eigenvalue weighted by molar-refractivity contribution is 5.92. The van der Waals surface area contributed by atoms with Gasteiger partial charge in [0.05, 0.1) is 31.1 Å². The molecule has 0 aliphatic carbocycles. The number of carbonyl (C=O) groups excluding carboxylic acids is 1. The molecule has 0 spiro atoms. The molecular weight excluding hydrogens is 280 g/mol. The Bertz CT molecular complexity index is 517. The number of hydrogen-bond donors (Lipinski definition) is 0. The average Bonchev–Trinajstić information content (AvgIpc) is 2.55. The molecule has 2 fully saturated rings. The van der Waals surface area contributed by atoms with E-state index in [0.717, 1.165) is 31.8 Å². The van der Waals surface area contributed by atoms with Crippen molar-refractivity contribution in [3.63, 3.8) is 0 Å². The number of aromatic nitrogens is 2. The molecule has 2 aliphatic heterocycles. The fraction of sp³-hybridized carbons (Fsp3) is 0.688. The van der Waals surface area contributed by atoms with Crippen molar-refractivity contribution in [1.29, 1.82) is 0 Å². The molecule has 0 unspecified atom stereocenters. The van der Waals surface area contributed by atoms with E-state index in [4.69, 9.17) is 4.74 Å². The van der Waals surface area contributed by atoms with Crippen LogP contribution >= 0.6 is 0 Å². The molecule has 6 nitrogen and oxygen atoms in total.